The molecule has 0 spiro atoms. The predicted molar refractivity (Wildman–Crippen MR) is 110 cm³/mol. The van der Waals surface area contributed by atoms with Crippen molar-refractivity contribution in [3.8, 4) is 11.5 Å². The van der Waals surface area contributed by atoms with Gasteiger partial charge in [0.15, 0.2) is 23.1 Å². The van der Waals surface area contributed by atoms with Crippen molar-refractivity contribution in [1.29, 1.82) is 0 Å². The van der Waals surface area contributed by atoms with E-state index in [4.69, 9.17) is 9.84 Å². The van der Waals surface area contributed by atoms with Crippen LogP contribution in [-0.4, -0.2) is 36.2 Å². The Hall–Kier alpha value is -1.18. The molecule has 3 nitrogen and oxygen atoms in total. The smallest absolute Gasteiger partial charge is 0.166 e. The summed E-state index contributed by atoms with van der Waals surface area (Å²) < 4.78 is 32.6. The average molecular weight is 507 g/mol. The third-order valence-corrected chi connectivity index (χ3v) is 5.12. The molecule has 0 aliphatic carbocycles. The molecule has 1 aliphatic heterocycles. The molecular weight excluding hydrogens is 484 g/mol. The fraction of sp³-hybridized carbons (Fsp3) is 0.400. The van der Waals surface area contributed by atoms with Crippen molar-refractivity contribution in [1.82, 2.24) is 4.90 Å². The van der Waals surface area contributed by atoms with Gasteiger partial charge in [0.25, 0.3) is 0 Å². The first-order valence-corrected chi connectivity index (χ1v) is 10.5. The third-order valence-electron chi connectivity index (χ3n) is 4.13. The highest BCUT2D eigenvalue weighted by molar-refractivity contribution is 9.10. The highest BCUT2D eigenvalue weighted by Gasteiger charge is 2.09. The summed E-state index contributed by atoms with van der Waals surface area (Å²) in [5.74, 6) is -0.887. The Morgan fingerprint density at radius 3 is 2.15 bits per heavy atom. The molecule has 0 saturated carbocycles. The first-order valence-electron chi connectivity index (χ1n) is 8.90. The number of likely N-dealkylation sites (tertiary alicyclic amines) is 1. The molecule has 3 rings (SSSR count). The van der Waals surface area contributed by atoms with E-state index in [1.165, 1.54) is 50.6 Å². The summed E-state index contributed by atoms with van der Waals surface area (Å²) in [5.41, 5.74) is 0. The highest BCUT2D eigenvalue weighted by atomic mass is 79.9. The molecule has 0 radical (unpaired) electrons. The van der Waals surface area contributed by atoms with Crippen LogP contribution in [0.4, 0.5) is 8.78 Å². The Balaban J connectivity index is 0.000000244. The van der Waals surface area contributed by atoms with Gasteiger partial charge < -0.3 is 14.7 Å². The quantitative estimate of drug-likeness (QED) is 0.494. The molecule has 1 fully saturated rings. The first kappa shape index (κ1) is 22.1. The average Bonchev–Trinajstić information content (AvgIpc) is 2.65. The molecule has 2 aromatic rings. The second-order valence-electron chi connectivity index (χ2n) is 6.27. The van der Waals surface area contributed by atoms with Gasteiger partial charge in [0.1, 0.15) is 0 Å². The number of piperidine rings is 1. The lowest BCUT2D eigenvalue weighted by Crippen LogP contribution is -2.31. The Kier molecular flexibility index (Phi) is 9.51. The molecule has 0 aromatic heterocycles. The molecule has 0 atom stereocenters. The van der Waals surface area contributed by atoms with Crippen molar-refractivity contribution in [3.63, 3.8) is 0 Å². The molecule has 1 N–H and O–H groups in total. The van der Waals surface area contributed by atoms with Gasteiger partial charge in [-0.2, -0.15) is 0 Å². The minimum absolute atomic E-state index is 0.303. The molecule has 0 amide bonds. The maximum Gasteiger partial charge on any atom is 0.166 e. The zero-order valence-electron chi connectivity index (χ0n) is 14.9. The molecule has 27 heavy (non-hydrogen) atoms. The summed E-state index contributed by atoms with van der Waals surface area (Å²) in [5, 5.41) is 8.65. The Morgan fingerprint density at radius 2 is 1.56 bits per heavy atom. The van der Waals surface area contributed by atoms with Crippen molar-refractivity contribution in [2.24, 2.45) is 0 Å². The van der Waals surface area contributed by atoms with Crippen LogP contribution < -0.4 is 4.74 Å². The number of nitrogens with zero attached hydrogens (tertiary/aromatic N) is 1. The monoisotopic (exact) mass is 505 g/mol. The number of phenolic OH excluding ortho intramolecular Hbond substituents is 1. The van der Waals surface area contributed by atoms with Crippen LogP contribution >= 0.6 is 31.9 Å². The molecule has 1 heterocycles. The molecule has 7 heteroatoms. The molecule has 1 aliphatic rings. The first-order chi connectivity index (χ1) is 13.0. The van der Waals surface area contributed by atoms with Crippen LogP contribution in [0.15, 0.2) is 45.3 Å². The van der Waals surface area contributed by atoms with Crippen LogP contribution in [0.5, 0.6) is 11.5 Å². The standard InChI is InChI=1S/C14H19BrFNO.C6H4BrFO/c15-12-5-6-14(13(16)11-12)18-10-4-9-17-7-2-1-3-8-17;7-4-1-2-6(9)5(8)3-4/h5-6,11H,1-4,7-10H2;1-3,9H. The zero-order chi connectivity index (χ0) is 19.6. The summed E-state index contributed by atoms with van der Waals surface area (Å²) in [4.78, 5) is 2.46. The molecule has 2 aromatic carbocycles. The van der Waals surface area contributed by atoms with Crippen LogP contribution in [-0.2, 0) is 0 Å². The van der Waals surface area contributed by atoms with Crippen LogP contribution in [0.1, 0.15) is 25.7 Å². The molecule has 0 bridgehead atoms. The minimum Gasteiger partial charge on any atom is -0.505 e. The van der Waals surface area contributed by atoms with E-state index in [2.05, 4.69) is 36.8 Å². The number of halogens is 4. The molecule has 0 unspecified atom stereocenters. The van der Waals surface area contributed by atoms with Crippen LogP contribution in [0.3, 0.4) is 0 Å². The number of hydrogen-bond donors (Lipinski definition) is 1. The molecular formula is C20H23Br2F2NO2. The van der Waals surface area contributed by atoms with E-state index >= 15 is 0 Å². The maximum absolute atomic E-state index is 13.5. The lowest BCUT2D eigenvalue weighted by Gasteiger charge is -2.26. The lowest BCUT2D eigenvalue weighted by molar-refractivity contribution is 0.203. The van der Waals surface area contributed by atoms with Crippen LogP contribution in [0.25, 0.3) is 0 Å². The highest BCUT2D eigenvalue weighted by Crippen LogP contribution is 2.21. The fourth-order valence-corrected chi connectivity index (χ4v) is 3.39. The number of ether oxygens (including phenoxy) is 1. The Bertz CT molecular complexity index is 725. The van der Waals surface area contributed by atoms with Gasteiger partial charge in [-0.15, -0.1) is 0 Å². The lowest BCUT2D eigenvalue weighted by atomic mass is 10.1. The fourth-order valence-electron chi connectivity index (χ4n) is 2.73. The van der Waals surface area contributed by atoms with Gasteiger partial charge in [-0.25, -0.2) is 8.78 Å². The van der Waals surface area contributed by atoms with E-state index in [1.54, 1.807) is 18.2 Å². The van der Waals surface area contributed by atoms with Gasteiger partial charge in [-0.3, -0.25) is 0 Å². The Morgan fingerprint density at radius 1 is 0.926 bits per heavy atom. The van der Waals surface area contributed by atoms with Gasteiger partial charge in [-0.1, -0.05) is 38.3 Å². The van der Waals surface area contributed by atoms with Crippen LogP contribution in [0.2, 0.25) is 0 Å². The topological polar surface area (TPSA) is 32.7 Å². The van der Waals surface area contributed by atoms with Crippen molar-refractivity contribution in [2.75, 3.05) is 26.2 Å². The summed E-state index contributed by atoms with van der Waals surface area (Å²) in [6.07, 6.45) is 4.93. The molecule has 1 saturated heterocycles. The number of rotatable bonds is 5. The van der Waals surface area contributed by atoms with E-state index in [9.17, 15) is 8.78 Å². The molecule has 148 valence electrons. The normalized spacial score (nSPS) is 14.4. The van der Waals surface area contributed by atoms with E-state index in [0.717, 1.165) is 17.4 Å². The zero-order valence-corrected chi connectivity index (χ0v) is 18.1. The summed E-state index contributed by atoms with van der Waals surface area (Å²) in [6, 6.07) is 8.95. The van der Waals surface area contributed by atoms with E-state index < -0.39 is 5.82 Å². The van der Waals surface area contributed by atoms with Crippen molar-refractivity contribution in [3.05, 3.63) is 57.0 Å². The number of aromatic hydroxyl groups is 1. The van der Waals surface area contributed by atoms with Gasteiger partial charge >= 0.3 is 0 Å². The Labute approximate surface area is 175 Å². The minimum atomic E-state index is -0.607. The van der Waals surface area contributed by atoms with Gasteiger partial charge in [0.05, 0.1) is 6.61 Å². The van der Waals surface area contributed by atoms with Crippen LogP contribution in [0, 0.1) is 11.6 Å². The summed E-state index contributed by atoms with van der Waals surface area (Å²) in [6.45, 7) is 4.03. The third kappa shape index (κ3) is 8.15. The van der Waals surface area contributed by atoms with Gasteiger partial charge in [0.2, 0.25) is 0 Å². The number of hydrogen-bond acceptors (Lipinski definition) is 3. The van der Waals surface area contributed by atoms with Gasteiger partial charge in [-0.05, 0) is 68.8 Å². The second-order valence-corrected chi connectivity index (χ2v) is 8.11. The second kappa shape index (κ2) is 11.6. The number of benzene rings is 2. The predicted octanol–water partition coefficient (Wildman–Crippen LogP) is 6.14. The summed E-state index contributed by atoms with van der Waals surface area (Å²) in [7, 11) is 0. The van der Waals surface area contributed by atoms with Gasteiger partial charge in [0, 0.05) is 15.5 Å². The van der Waals surface area contributed by atoms with E-state index in [1.807, 2.05) is 0 Å². The number of phenols is 1. The largest absolute Gasteiger partial charge is 0.505 e. The summed E-state index contributed by atoms with van der Waals surface area (Å²) >= 11 is 6.27. The van der Waals surface area contributed by atoms with Crippen molar-refractivity contribution in [2.45, 2.75) is 25.7 Å². The van der Waals surface area contributed by atoms with Crippen molar-refractivity contribution >= 4 is 31.9 Å². The van der Waals surface area contributed by atoms with Crippen molar-refractivity contribution < 1.29 is 18.6 Å². The van der Waals surface area contributed by atoms with E-state index in [0.29, 0.717) is 16.8 Å². The SMILES string of the molecule is Fc1cc(Br)ccc1OCCCN1CCCCC1.Oc1ccc(Br)cc1F. The maximum atomic E-state index is 13.5. The van der Waals surface area contributed by atoms with E-state index in [-0.39, 0.29) is 11.6 Å².